The number of ketones is 1. The number of nitriles is 1. The highest BCUT2D eigenvalue weighted by Crippen LogP contribution is 2.09. The van der Waals surface area contributed by atoms with Gasteiger partial charge in [-0.05, 0) is 18.9 Å². The molecule has 1 aromatic carbocycles. The molecule has 0 aromatic heterocycles. The van der Waals surface area contributed by atoms with Crippen LogP contribution in [0.4, 0.5) is 0 Å². The lowest BCUT2D eigenvalue weighted by Crippen LogP contribution is -2.26. The second kappa shape index (κ2) is 6.44. The van der Waals surface area contributed by atoms with Crippen LogP contribution in [0.1, 0.15) is 12.5 Å². The van der Waals surface area contributed by atoms with Crippen molar-refractivity contribution in [3.8, 4) is 6.07 Å². The van der Waals surface area contributed by atoms with Crippen LogP contribution in [-0.4, -0.2) is 18.4 Å². The third-order valence-electron chi connectivity index (χ3n) is 2.23. The SMILES string of the molecule is CCOC(=O)C(=O)C(C#N)Cc1ccccc1. The van der Waals surface area contributed by atoms with E-state index in [-0.39, 0.29) is 13.0 Å². The lowest BCUT2D eigenvalue weighted by Gasteiger charge is -2.07. The summed E-state index contributed by atoms with van der Waals surface area (Å²) in [7, 11) is 0. The normalized spacial score (nSPS) is 11.3. The van der Waals surface area contributed by atoms with Crippen LogP contribution in [0.3, 0.4) is 0 Å². The fourth-order valence-electron chi connectivity index (χ4n) is 1.39. The van der Waals surface area contributed by atoms with Crippen LogP contribution < -0.4 is 0 Å². The van der Waals surface area contributed by atoms with E-state index >= 15 is 0 Å². The maximum absolute atomic E-state index is 11.6. The molecule has 0 bridgehead atoms. The minimum atomic E-state index is -0.976. The monoisotopic (exact) mass is 231 g/mol. The Kier molecular flexibility index (Phi) is 4.89. The maximum Gasteiger partial charge on any atom is 0.376 e. The summed E-state index contributed by atoms with van der Waals surface area (Å²) < 4.78 is 4.58. The molecule has 1 atom stereocenters. The predicted octanol–water partition coefficient (Wildman–Crippen LogP) is 1.50. The minimum Gasteiger partial charge on any atom is -0.460 e. The first-order valence-electron chi connectivity index (χ1n) is 5.33. The van der Waals surface area contributed by atoms with Crippen molar-refractivity contribution in [2.45, 2.75) is 13.3 Å². The van der Waals surface area contributed by atoms with E-state index in [4.69, 9.17) is 5.26 Å². The van der Waals surface area contributed by atoms with Gasteiger partial charge in [-0.25, -0.2) is 4.79 Å². The minimum absolute atomic E-state index is 0.133. The number of carbonyl (C=O) groups is 2. The molecule has 0 N–H and O–H groups in total. The molecule has 4 heteroatoms. The van der Waals surface area contributed by atoms with Crippen molar-refractivity contribution < 1.29 is 14.3 Å². The van der Waals surface area contributed by atoms with Gasteiger partial charge < -0.3 is 4.74 Å². The maximum atomic E-state index is 11.6. The molecule has 1 aromatic rings. The predicted molar refractivity (Wildman–Crippen MR) is 60.9 cm³/mol. The van der Waals surface area contributed by atoms with Gasteiger partial charge in [0.15, 0.2) is 0 Å². The van der Waals surface area contributed by atoms with Gasteiger partial charge in [-0.15, -0.1) is 0 Å². The Morgan fingerprint density at radius 3 is 2.53 bits per heavy atom. The van der Waals surface area contributed by atoms with Crippen molar-refractivity contribution in [2.24, 2.45) is 5.92 Å². The van der Waals surface area contributed by atoms with E-state index in [9.17, 15) is 9.59 Å². The Hall–Kier alpha value is -2.15. The van der Waals surface area contributed by atoms with Crippen molar-refractivity contribution in [1.29, 1.82) is 5.26 Å². The summed E-state index contributed by atoms with van der Waals surface area (Å²) in [6.45, 7) is 1.75. The van der Waals surface area contributed by atoms with E-state index < -0.39 is 17.7 Å². The molecule has 1 rings (SSSR count). The van der Waals surface area contributed by atoms with Gasteiger partial charge in [-0.3, -0.25) is 4.79 Å². The first-order chi connectivity index (χ1) is 8.19. The summed E-state index contributed by atoms with van der Waals surface area (Å²) in [5.74, 6) is -2.69. The Labute approximate surface area is 99.8 Å². The highest BCUT2D eigenvalue weighted by molar-refractivity contribution is 6.35. The number of Topliss-reactive ketones (excluding diaryl/α,β-unsaturated/α-hetero) is 1. The van der Waals surface area contributed by atoms with Gasteiger partial charge in [-0.1, -0.05) is 30.3 Å². The average molecular weight is 231 g/mol. The Morgan fingerprint density at radius 1 is 1.35 bits per heavy atom. The van der Waals surface area contributed by atoms with Gasteiger partial charge in [0.25, 0.3) is 5.78 Å². The van der Waals surface area contributed by atoms with Gasteiger partial charge in [0.05, 0.1) is 12.7 Å². The second-order valence-corrected chi connectivity index (χ2v) is 3.46. The summed E-state index contributed by atoms with van der Waals surface area (Å²) in [5.41, 5.74) is 0.844. The lowest BCUT2D eigenvalue weighted by molar-refractivity contribution is -0.154. The fraction of sp³-hybridized carbons (Fsp3) is 0.308. The van der Waals surface area contributed by atoms with Gasteiger partial charge in [0.1, 0.15) is 5.92 Å². The highest BCUT2D eigenvalue weighted by Gasteiger charge is 2.26. The van der Waals surface area contributed by atoms with Crippen LogP contribution >= 0.6 is 0 Å². The molecule has 0 saturated heterocycles. The summed E-state index contributed by atoms with van der Waals surface area (Å²) in [6.07, 6.45) is 0.231. The molecule has 0 amide bonds. The van der Waals surface area contributed by atoms with Crippen molar-refractivity contribution in [1.82, 2.24) is 0 Å². The number of hydrogen-bond donors (Lipinski definition) is 0. The number of rotatable bonds is 5. The Bertz CT molecular complexity index is 434. The van der Waals surface area contributed by atoms with Crippen molar-refractivity contribution in [3.63, 3.8) is 0 Å². The summed E-state index contributed by atoms with van der Waals surface area (Å²) >= 11 is 0. The van der Waals surface area contributed by atoms with E-state index in [1.54, 1.807) is 6.92 Å². The summed E-state index contributed by atoms with van der Waals surface area (Å²) in [4.78, 5) is 22.8. The van der Waals surface area contributed by atoms with Gasteiger partial charge in [-0.2, -0.15) is 5.26 Å². The Balaban J connectivity index is 2.70. The van der Waals surface area contributed by atoms with Gasteiger partial charge in [0.2, 0.25) is 0 Å². The number of benzene rings is 1. The molecule has 17 heavy (non-hydrogen) atoms. The molecule has 0 fully saturated rings. The van der Waals surface area contributed by atoms with E-state index in [2.05, 4.69) is 4.74 Å². The van der Waals surface area contributed by atoms with E-state index in [0.29, 0.717) is 0 Å². The molecule has 0 radical (unpaired) electrons. The van der Waals surface area contributed by atoms with Crippen molar-refractivity contribution in [2.75, 3.05) is 6.61 Å². The topological polar surface area (TPSA) is 67.2 Å². The summed E-state index contributed by atoms with van der Waals surface area (Å²) in [5, 5.41) is 8.90. The van der Waals surface area contributed by atoms with Crippen LogP contribution in [0.2, 0.25) is 0 Å². The summed E-state index contributed by atoms with van der Waals surface area (Å²) in [6, 6.07) is 10.9. The van der Waals surface area contributed by atoms with Crippen LogP contribution in [0.25, 0.3) is 0 Å². The molecule has 0 aliphatic carbocycles. The smallest absolute Gasteiger partial charge is 0.376 e. The fourth-order valence-corrected chi connectivity index (χ4v) is 1.39. The molecule has 0 saturated carbocycles. The third-order valence-corrected chi connectivity index (χ3v) is 2.23. The zero-order chi connectivity index (χ0) is 12.7. The molecule has 0 heterocycles. The second-order valence-electron chi connectivity index (χ2n) is 3.46. The number of esters is 1. The lowest BCUT2D eigenvalue weighted by atomic mass is 9.97. The van der Waals surface area contributed by atoms with Crippen LogP contribution in [0, 0.1) is 17.2 Å². The zero-order valence-electron chi connectivity index (χ0n) is 9.55. The van der Waals surface area contributed by atoms with Crippen LogP contribution in [-0.2, 0) is 20.7 Å². The van der Waals surface area contributed by atoms with Gasteiger partial charge >= 0.3 is 5.97 Å². The van der Waals surface area contributed by atoms with E-state index in [1.807, 2.05) is 36.4 Å². The molecule has 0 spiro atoms. The molecule has 1 unspecified atom stereocenters. The molecule has 0 aliphatic rings. The van der Waals surface area contributed by atoms with Gasteiger partial charge in [0, 0.05) is 0 Å². The molecule has 0 aliphatic heterocycles. The van der Waals surface area contributed by atoms with Crippen LogP contribution in [0.15, 0.2) is 30.3 Å². The molecule has 4 nitrogen and oxygen atoms in total. The van der Waals surface area contributed by atoms with Crippen LogP contribution in [0.5, 0.6) is 0 Å². The number of carbonyl (C=O) groups excluding carboxylic acids is 2. The Morgan fingerprint density at radius 2 is 2.00 bits per heavy atom. The standard InChI is InChI=1S/C13H13NO3/c1-2-17-13(16)12(15)11(9-14)8-10-6-4-3-5-7-10/h3-7,11H,2,8H2,1H3. The first-order valence-corrected chi connectivity index (χ1v) is 5.33. The number of ether oxygens (including phenoxy) is 1. The molecule has 88 valence electrons. The average Bonchev–Trinajstić information content (AvgIpc) is 2.36. The van der Waals surface area contributed by atoms with E-state index in [1.165, 1.54) is 0 Å². The van der Waals surface area contributed by atoms with Crippen molar-refractivity contribution in [3.05, 3.63) is 35.9 Å². The molecular weight excluding hydrogens is 218 g/mol. The third kappa shape index (κ3) is 3.72. The number of nitrogens with zero attached hydrogens (tertiary/aromatic N) is 1. The molecular formula is C13H13NO3. The zero-order valence-corrected chi connectivity index (χ0v) is 9.55. The number of hydrogen-bond acceptors (Lipinski definition) is 4. The van der Waals surface area contributed by atoms with E-state index in [0.717, 1.165) is 5.56 Å². The van der Waals surface area contributed by atoms with Crippen molar-refractivity contribution >= 4 is 11.8 Å². The quantitative estimate of drug-likeness (QED) is 0.569. The highest BCUT2D eigenvalue weighted by atomic mass is 16.5. The largest absolute Gasteiger partial charge is 0.460 e. The first kappa shape index (κ1) is 12.9.